The highest BCUT2D eigenvalue weighted by Gasteiger charge is 2.41. The Bertz CT molecular complexity index is 1080. The van der Waals surface area contributed by atoms with Crippen LogP contribution in [0.3, 0.4) is 0 Å². The molecular weight excluding hydrogens is 469 g/mol. The lowest BCUT2D eigenvalue weighted by Crippen LogP contribution is -2.39. The highest BCUT2D eigenvalue weighted by atomic mass is 31.2. The number of nitrogens with two attached hydrogens (primary N) is 1. The van der Waals surface area contributed by atoms with Crippen molar-refractivity contribution >= 4 is 19.7 Å². The molecule has 0 spiro atoms. The molecular formula is C20H28N5O8P. The van der Waals surface area contributed by atoms with E-state index in [9.17, 15) is 19.3 Å². The van der Waals surface area contributed by atoms with Gasteiger partial charge in [-0.3, -0.25) is 13.9 Å². The number of rotatable bonds is 10. The van der Waals surface area contributed by atoms with Gasteiger partial charge in [0.25, 0.3) is 0 Å². The van der Waals surface area contributed by atoms with E-state index in [-0.39, 0.29) is 31.0 Å². The lowest BCUT2D eigenvalue weighted by Gasteiger charge is -2.25. The van der Waals surface area contributed by atoms with Gasteiger partial charge in [0.05, 0.1) is 25.4 Å². The number of hydrogen-bond donors (Lipinski definition) is 3. The largest absolute Gasteiger partial charge is 0.462 e. The van der Waals surface area contributed by atoms with Crippen molar-refractivity contribution in [3.63, 3.8) is 0 Å². The summed E-state index contributed by atoms with van der Waals surface area (Å²) in [5, 5.41) is 13.2. The van der Waals surface area contributed by atoms with Gasteiger partial charge in [0.1, 0.15) is 30.3 Å². The maximum absolute atomic E-state index is 13.5. The molecule has 0 aliphatic carbocycles. The standard InChI is InChI=1S/C20H28N5O8P/c1-12(2)32-18(27)13(3)24-34(29,33-14-7-5-4-6-8-14)31-10-16-17(26)15(9-30-16)25-11-22-19(21)23-20(25)28/h4-8,11-13,15-17,26H,9-10H2,1-3H3,(H,24,29)(H2,21,23,28)/t13-,15-,16-,17+,34?/m1/s1. The number of aliphatic hydroxyl groups excluding tert-OH is 1. The maximum Gasteiger partial charge on any atom is 0.459 e. The van der Waals surface area contributed by atoms with Gasteiger partial charge in [-0.15, -0.1) is 0 Å². The number of nitrogens with one attached hydrogen (secondary N) is 1. The van der Waals surface area contributed by atoms with Crippen LogP contribution in [-0.2, 0) is 23.4 Å². The molecule has 0 amide bonds. The highest BCUT2D eigenvalue weighted by molar-refractivity contribution is 7.52. The van der Waals surface area contributed by atoms with Gasteiger partial charge in [-0.05, 0) is 32.9 Å². The zero-order valence-corrected chi connectivity index (χ0v) is 19.8. The van der Waals surface area contributed by atoms with Gasteiger partial charge in [-0.1, -0.05) is 18.2 Å². The number of para-hydroxylation sites is 1. The van der Waals surface area contributed by atoms with Crippen molar-refractivity contribution in [2.45, 2.75) is 51.2 Å². The number of carbonyl (C=O) groups excluding carboxylic acids is 1. The minimum Gasteiger partial charge on any atom is -0.462 e. The van der Waals surface area contributed by atoms with Crippen LogP contribution in [0.5, 0.6) is 5.75 Å². The molecule has 1 aliphatic rings. The molecule has 3 rings (SSSR count). The quantitative estimate of drug-likeness (QED) is 0.309. The van der Waals surface area contributed by atoms with Gasteiger partial charge in [0.15, 0.2) is 0 Å². The summed E-state index contributed by atoms with van der Waals surface area (Å²) in [7, 11) is -4.13. The zero-order valence-electron chi connectivity index (χ0n) is 18.9. The second-order valence-corrected chi connectivity index (χ2v) is 9.56. The lowest BCUT2D eigenvalue weighted by atomic mass is 10.1. The molecule has 34 heavy (non-hydrogen) atoms. The van der Waals surface area contributed by atoms with E-state index in [1.165, 1.54) is 6.92 Å². The third kappa shape index (κ3) is 6.61. The van der Waals surface area contributed by atoms with E-state index in [4.69, 9.17) is 24.3 Å². The summed E-state index contributed by atoms with van der Waals surface area (Å²) in [6.45, 7) is 4.42. The Morgan fingerprint density at radius 3 is 2.71 bits per heavy atom. The van der Waals surface area contributed by atoms with E-state index in [0.29, 0.717) is 0 Å². The molecule has 1 unspecified atom stereocenters. The first-order valence-electron chi connectivity index (χ1n) is 10.6. The van der Waals surface area contributed by atoms with Crippen LogP contribution in [0.25, 0.3) is 0 Å². The monoisotopic (exact) mass is 497 g/mol. The van der Waals surface area contributed by atoms with Crippen LogP contribution >= 0.6 is 7.75 Å². The van der Waals surface area contributed by atoms with E-state index in [0.717, 1.165) is 10.9 Å². The molecule has 1 aromatic carbocycles. The summed E-state index contributed by atoms with van der Waals surface area (Å²) in [5.41, 5.74) is 4.70. The molecule has 2 heterocycles. The lowest BCUT2D eigenvalue weighted by molar-refractivity contribution is -0.149. The van der Waals surface area contributed by atoms with Crippen molar-refractivity contribution in [2.75, 3.05) is 18.9 Å². The Morgan fingerprint density at radius 1 is 1.35 bits per heavy atom. The van der Waals surface area contributed by atoms with Crippen LogP contribution in [0, 0.1) is 0 Å². The minimum absolute atomic E-state index is 0.0449. The number of nitrogen functional groups attached to an aromatic ring is 1. The topological polar surface area (TPSA) is 177 Å². The van der Waals surface area contributed by atoms with Crippen molar-refractivity contribution < 1.29 is 33.0 Å². The summed E-state index contributed by atoms with van der Waals surface area (Å²) in [5.74, 6) is -0.598. The predicted molar refractivity (Wildman–Crippen MR) is 120 cm³/mol. The van der Waals surface area contributed by atoms with Crippen LogP contribution < -0.4 is 21.0 Å². The number of aliphatic hydroxyl groups is 1. The van der Waals surface area contributed by atoms with E-state index in [1.54, 1.807) is 44.2 Å². The second kappa shape index (κ2) is 11.1. The van der Waals surface area contributed by atoms with Gasteiger partial charge in [0.2, 0.25) is 5.95 Å². The van der Waals surface area contributed by atoms with Crippen molar-refractivity contribution in [1.29, 1.82) is 0 Å². The molecule has 0 bridgehead atoms. The zero-order chi connectivity index (χ0) is 24.9. The molecule has 1 aromatic heterocycles. The van der Waals surface area contributed by atoms with Crippen molar-refractivity contribution in [3.8, 4) is 5.75 Å². The number of ether oxygens (including phenoxy) is 2. The van der Waals surface area contributed by atoms with E-state index in [1.807, 2.05) is 0 Å². The third-order valence-corrected chi connectivity index (χ3v) is 6.44. The van der Waals surface area contributed by atoms with Crippen LogP contribution in [0.1, 0.15) is 26.8 Å². The molecule has 1 fully saturated rings. The fourth-order valence-electron chi connectivity index (χ4n) is 3.15. The minimum atomic E-state index is -4.13. The highest BCUT2D eigenvalue weighted by Crippen LogP contribution is 2.45. The number of esters is 1. The van der Waals surface area contributed by atoms with Crippen molar-refractivity contribution in [3.05, 3.63) is 47.1 Å². The Balaban J connectivity index is 1.71. The third-order valence-electron chi connectivity index (χ3n) is 4.79. The molecule has 186 valence electrons. The molecule has 0 radical (unpaired) electrons. The first-order valence-corrected chi connectivity index (χ1v) is 12.1. The Hall–Kier alpha value is -2.83. The van der Waals surface area contributed by atoms with Crippen LogP contribution in [0.2, 0.25) is 0 Å². The Morgan fingerprint density at radius 2 is 2.06 bits per heavy atom. The second-order valence-electron chi connectivity index (χ2n) is 7.87. The summed E-state index contributed by atoms with van der Waals surface area (Å²) < 4.78 is 36.4. The number of nitrogens with zero attached hydrogens (tertiary/aromatic N) is 3. The number of benzene rings is 1. The van der Waals surface area contributed by atoms with Crippen LogP contribution in [0.15, 0.2) is 41.5 Å². The number of anilines is 1. The van der Waals surface area contributed by atoms with Crippen LogP contribution in [0.4, 0.5) is 5.95 Å². The molecule has 5 atom stereocenters. The normalized spacial score (nSPS) is 22.8. The van der Waals surface area contributed by atoms with E-state index < -0.39 is 43.7 Å². The average molecular weight is 497 g/mol. The summed E-state index contributed by atoms with van der Waals surface area (Å²) in [6.07, 6.45) is -1.37. The Kier molecular flexibility index (Phi) is 8.39. The van der Waals surface area contributed by atoms with Gasteiger partial charge in [-0.25, -0.2) is 14.3 Å². The van der Waals surface area contributed by atoms with Gasteiger partial charge in [-0.2, -0.15) is 10.1 Å². The summed E-state index contributed by atoms with van der Waals surface area (Å²) in [4.78, 5) is 31.6. The fraction of sp³-hybridized carbons (Fsp3) is 0.500. The molecule has 0 saturated carbocycles. The first kappa shape index (κ1) is 25.8. The molecule has 1 saturated heterocycles. The number of carbonyl (C=O) groups is 1. The molecule has 1 aliphatic heterocycles. The van der Waals surface area contributed by atoms with Crippen molar-refractivity contribution in [2.24, 2.45) is 0 Å². The molecule has 13 nitrogen and oxygen atoms in total. The SMILES string of the molecule is CC(C)OC(=O)[C@@H](C)NP(=O)(OC[C@H]1OC[C@@H](n2cnc(N)nc2=O)[C@@H]1O)Oc1ccccc1. The van der Waals surface area contributed by atoms with Gasteiger partial charge in [0, 0.05) is 0 Å². The fourth-order valence-corrected chi connectivity index (χ4v) is 4.65. The van der Waals surface area contributed by atoms with Crippen molar-refractivity contribution in [1.82, 2.24) is 19.6 Å². The summed E-state index contributed by atoms with van der Waals surface area (Å²) in [6, 6.07) is 6.42. The maximum atomic E-state index is 13.5. The predicted octanol–water partition coefficient (Wildman–Crippen LogP) is 0.655. The summed E-state index contributed by atoms with van der Waals surface area (Å²) >= 11 is 0. The number of hydrogen-bond acceptors (Lipinski definition) is 11. The van der Waals surface area contributed by atoms with E-state index in [2.05, 4.69) is 15.1 Å². The van der Waals surface area contributed by atoms with E-state index >= 15 is 0 Å². The average Bonchev–Trinajstić information content (AvgIpc) is 3.12. The molecule has 4 N–H and O–H groups in total. The number of aromatic nitrogens is 3. The Labute approximate surface area is 195 Å². The van der Waals surface area contributed by atoms with Gasteiger partial charge >= 0.3 is 19.4 Å². The first-order chi connectivity index (χ1) is 16.1. The van der Waals surface area contributed by atoms with Gasteiger partial charge < -0.3 is 24.8 Å². The molecule has 14 heteroatoms. The smallest absolute Gasteiger partial charge is 0.459 e. The molecule has 2 aromatic rings. The van der Waals surface area contributed by atoms with Crippen LogP contribution in [-0.4, -0.2) is 63.2 Å².